The Hall–Kier alpha value is -0.790. The van der Waals surface area contributed by atoms with Crippen molar-refractivity contribution >= 4 is 5.97 Å². The molecule has 2 nitrogen and oxygen atoms in total. The molecule has 4 unspecified atom stereocenters. The van der Waals surface area contributed by atoms with E-state index in [2.05, 4.69) is 13.0 Å². The molecule has 3 aliphatic rings. The van der Waals surface area contributed by atoms with Gasteiger partial charge in [0.2, 0.25) is 0 Å². The molecular weight excluding hydrogens is 176 g/mol. The minimum absolute atomic E-state index is 0.0285. The third-order valence-corrected chi connectivity index (χ3v) is 4.25. The molecule has 0 N–H and O–H groups in total. The zero-order valence-corrected chi connectivity index (χ0v) is 8.53. The van der Waals surface area contributed by atoms with Crippen LogP contribution in [0.1, 0.15) is 32.6 Å². The molecule has 1 aliphatic heterocycles. The summed E-state index contributed by atoms with van der Waals surface area (Å²) < 4.78 is 5.47. The topological polar surface area (TPSA) is 26.3 Å². The summed E-state index contributed by atoms with van der Waals surface area (Å²) in [5.74, 6) is 2.06. The number of ether oxygens (including phenoxy) is 1. The Morgan fingerprint density at radius 1 is 1.50 bits per heavy atom. The molecule has 1 saturated heterocycles. The number of esters is 1. The monoisotopic (exact) mass is 192 g/mol. The highest BCUT2D eigenvalue weighted by molar-refractivity contribution is 5.70. The van der Waals surface area contributed by atoms with Gasteiger partial charge in [-0.15, -0.1) is 0 Å². The molecule has 0 aromatic heterocycles. The van der Waals surface area contributed by atoms with Crippen LogP contribution in [0.3, 0.4) is 0 Å². The highest BCUT2D eigenvalue weighted by Gasteiger charge is 2.53. The lowest BCUT2D eigenvalue weighted by molar-refractivity contribution is -0.160. The molecule has 0 amide bonds. The summed E-state index contributed by atoms with van der Waals surface area (Å²) in [6.45, 7) is 2.14. The van der Waals surface area contributed by atoms with Crippen LogP contribution in [-0.4, -0.2) is 12.1 Å². The average molecular weight is 192 g/mol. The van der Waals surface area contributed by atoms with Crippen molar-refractivity contribution in [1.29, 1.82) is 0 Å². The van der Waals surface area contributed by atoms with Crippen molar-refractivity contribution in [3.8, 4) is 0 Å². The first-order valence-electron chi connectivity index (χ1n) is 5.64. The van der Waals surface area contributed by atoms with E-state index in [1.807, 2.05) is 0 Å². The van der Waals surface area contributed by atoms with Crippen LogP contribution in [0, 0.1) is 17.8 Å². The number of hydrogen-bond donors (Lipinski definition) is 0. The van der Waals surface area contributed by atoms with Gasteiger partial charge in [0.1, 0.15) is 6.10 Å². The van der Waals surface area contributed by atoms with Gasteiger partial charge in [-0.05, 0) is 32.1 Å². The molecule has 2 bridgehead atoms. The van der Waals surface area contributed by atoms with E-state index in [0.717, 1.165) is 12.3 Å². The minimum Gasteiger partial charge on any atom is -0.462 e. The molecule has 2 saturated carbocycles. The summed E-state index contributed by atoms with van der Waals surface area (Å²) in [5, 5.41) is 0. The molecule has 14 heavy (non-hydrogen) atoms. The van der Waals surface area contributed by atoms with Gasteiger partial charge in [-0.3, -0.25) is 4.79 Å². The van der Waals surface area contributed by atoms with Gasteiger partial charge >= 0.3 is 5.97 Å². The van der Waals surface area contributed by atoms with Gasteiger partial charge in [0, 0.05) is 18.3 Å². The maximum absolute atomic E-state index is 11.2. The standard InChI is InChI=1S/C12H16O2/c1-2-7-5-8-6-10(7)9-3-4-11(13)14-12(8)9/h2,8-10,12H,3-6H2,1H3. The summed E-state index contributed by atoms with van der Waals surface area (Å²) in [6, 6.07) is 0. The first-order chi connectivity index (χ1) is 6.79. The van der Waals surface area contributed by atoms with Crippen molar-refractivity contribution in [2.75, 3.05) is 0 Å². The Labute approximate surface area is 84.3 Å². The average Bonchev–Trinajstić information content (AvgIpc) is 2.74. The normalized spacial score (nSPS) is 48.1. The van der Waals surface area contributed by atoms with Crippen LogP contribution in [0.5, 0.6) is 0 Å². The zero-order valence-electron chi connectivity index (χ0n) is 8.53. The Balaban J connectivity index is 1.87. The second-order valence-electron chi connectivity index (χ2n) is 4.83. The third kappa shape index (κ3) is 0.999. The first-order valence-corrected chi connectivity index (χ1v) is 5.64. The minimum atomic E-state index is 0.0285. The summed E-state index contributed by atoms with van der Waals surface area (Å²) in [4.78, 5) is 11.2. The van der Waals surface area contributed by atoms with Crippen LogP contribution < -0.4 is 0 Å². The summed E-state index contributed by atoms with van der Waals surface area (Å²) in [5.41, 5.74) is 1.62. The smallest absolute Gasteiger partial charge is 0.306 e. The van der Waals surface area contributed by atoms with E-state index in [-0.39, 0.29) is 12.1 Å². The van der Waals surface area contributed by atoms with E-state index in [4.69, 9.17) is 4.74 Å². The fraction of sp³-hybridized carbons (Fsp3) is 0.750. The molecule has 3 fully saturated rings. The van der Waals surface area contributed by atoms with Crippen molar-refractivity contribution < 1.29 is 9.53 Å². The molecule has 3 rings (SSSR count). The molecule has 4 atom stereocenters. The lowest BCUT2D eigenvalue weighted by atomic mass is 9.79. The highest BCUT2D eigenvalue weighted by Crippen LogP contribution is 2.55. The van der Waals surface area contributed by atoms with E-state index in [1.165, 1.54) is 12.8 Å². The lowest BCUT2D eigenvalue weighted by Gasteiger charge is -2.35. The van der Waals surface area contributed by atoms with E-state index < -0.39 is 0 Å². The van der Waals surface area contributed by atoms with Gasteiger partial charge in [0.15, 0.2) is 0 Å². The number of fused-ring (bicyclic) bond motifs is 5. The molecule has 2 aliphatic carbocycles. The highest BCUT2D eigenvalue weighted by atomic mass is 16.5. The van der Waals surface area contributed by atoms with Gasteiger partial charge in [-0.1, -0.05) is 11.6 Å². The predicted molar refractivity (Wildman–Crippen MR) is 52.6 cm³/mol. The molecule has 2 heteroatoms. The molecule has 0 radical (unpaired) electrons. The van der Waals surface area contributed by atoms with E-state index in [0.29, 0.717) is 18.3 Å². The van der Waals surface area contributed by atoms with Crippen LogP contribution >= 0.6 is 0 Å². The third-order valence-electron chi connectivity index (χ3n) is 4.25. The number of rotatable bonds is 0. The van der Waals surface area contributed by atoms with E-state index in [9.17, 15) is 4.79 Å². The first kappa shape index (κ1) is 8.51. The Morgan fingerprint density at radius 3 is 3.14 bits per heavy atom. The van der Waals surface area contributed by atoms with Gasteiger partial charge in [-0.25, -0.2) is 0 Å². The van der Waals surface area contributed by atoms with Crippen LogP contribution in [0.2, 0.25) is 0 Å². The Kier molecular flexibility index (Phi) is 1.73. The van der Waals surface area contributed by atoms with Crippen molar-refractivity contribution in [2.24, 2.45) is 17.8 Å². The van der Waals surface area contributed by atoms with Crippen LogP contribution in [0.15, 0.2) is 11.6 Å². The molecule has 76 valence electrons. The molecular formula is C12H16O2. The van der Waals surface area contributed by atoms with Gasteiger partial charge in [-0.2, -0.15) is 0 Å². The maximum Gasteiger partial charge on any atom is 0.306 e. The number of carbonyl (C=O) groups is 1. The van der Waals surface area contributed by atoms with Crippen molar-refractivity contribution in [2.45, 2.75) is 38.7 Å². The number of carbonyl (C=O) groups excluding carboxylic acids is 1. The SMILES string of the molecule is CC=C1CC2CC1C1CCC(=O)OC21. The second-order valence-corrected chi connectivity index (χ2v) is 4.83. The quantitative estimate of drug-likeness (QED) is 0.435. The second kappa shape index (κ2) is 2.85. The van der Waals surface area contributed by atoms with Crippen LogP contribution in [0.4, 0.5) is 0 Å². The molecule has 0 aromatic rings. The maximum atomic E-state index is 11.2. The number of hydrogen-bond acceptors (Lipinski definition) is 2. The Bertz CT molecular complexity index is 305. The van der Waals surface area contributed by atoms with Crippen molar-refractivity contribution in [3.05, 3.63) is 11.6 Å². The zero-order chi connectivity index (χ0) is 9.71. The van der Waals surface area contributed by atoms with Crippen LogP contribution in [0.25, 0.3) is 0 Å². The summed E-state index contributed by atoms with van der Waals surface area (Å²) >= 11 is 0. The molecule has 0 aromatic carbocycles. The summed E-state index contributed by atoms with van der Waals surface area (Å²) in [7, 11) is 0. The van der Waals surface area contributed by atoms with Gasteiger partial charge in [0.05, 0.1) is 0 Å². The molecule has 1 heterocycles. The van der Waals surface area contributed by atoms with E-state index in [1.54, 1.807) is 5.57 Å². The predicted octanol–water partition coefficient (Wildman–Crippen LogP) is 2.29. The molecule has 0 spiro atoms. The van der Waals surface area contributed by atoms with E-state index >= 15 is 0 Å². The number of allylic oxidation sites excluding steroid dienone is 2. The largest absolute Gasteiger partial charge is 0.462 e. The lowest BCUT2D eigenvalue weighted by Crippen LogP contribution is -2.37. The van der Waals surface area contributed by atoms with Gasteiger partial charge < -0.3 is 4.74 Å². The van der Waals surface area contributed by atoms with Crippen molar-refractivity contribution in [1.82, 2.24) is 0 Å². The summed E-state index contributed by atoms with van der Waals surface area (Å²) in [6.07, 6.45) is 6.68. The van der Waals surface area contributed by atoms with Crippen LogP contribution in [-0.2, 0) is 9.53 Å². The van der Waals surface area contributed by atoms with Crippen molar-refractivity contribution in [3.63, 3.8) is 0 Å². The fourth-order valence-electron chi connectivity index (χ4n) is 3.67. The fourth-order valence-corrected chi connectivity index (χ4v) is 3.67. The van der Waals surface area contributed by atoms with Gasteiger partial charge in [0.25, 0.3) is 0 Å². The Morgan fingerprint density at radius 2 is 2.36 bits per heavy atom.